The van der Waals surface area contributed by atoms with Gasteiger partial charge < -0.3 is 21.1 Å². The second kappa shape index (κ2) is 7.33. The van der Waals surface area contributed by atoms with Gasteiger partial charge in [0, 0.05) is 0 Å². The van der Waals surface area contributed by atoms with Crippen molar-refractivity contribution in [1.82, 2.24) is 0 Å². The van der Waals surface area contributed by atoms with Crippen LogP contribution < -0.4 is 5.73 Å². The fourth-order valence-electron chi connectivity index (χ4n) is 0.987. The molecule has 0 aliphatic rings. The molecule has 1 atom stereocenters. The van der Waals surface area contributed by atoms with Gasteiger partial charge in [0.15, 0.2) is 6.29 Å². The Kier molecular flexibility index (Phi) is 6.85. The molecule has 0 amide bonds. The average Bonchev–Trinajstić information content (AvgIpc) is 2.16. The molecule has 0 saturated carbocycles. The Hall–Kier alpha value is -0.980. The van der Waals surface area contributed by atoms with Crippen molar-refractivity contribution >= 4 is 5.97 Å². The topological polar surface area (TPSA) is 104 Å². The molecule has 0 rings (SSSR count). The molecular formula is C9H16FNO4. The highest BCUT2D eigenvalue weighted by atomic mass is 18.2. The van der Waals surface area contributed by atoms with Crippen LogP contribution in [0.5, 0.6) is 0 Å². The van der Waals surface area contributed by atoms with Crippen LogP contribution in [0.25, 0.3) is 0 Å². The fraction of sp³-hybridized carbons (Fsp3) is 0.667. The smallest absolute Gasteiger partial charge is 0.320 e. The average molecular weight is 220 g/mol. The summed E-state index contributed by atoms with van der Waals surface area (Å²) < 4.78 is 11.8. The summed E-state index contributed by atoms with van der Waals surface area (Å²) >= 11 is 0. The molecule has 0 fully saturated rings. The van der Waals surface area contributed by atoms with E-state index in [1.165, 1.54) is 6.08 Å². The van der Waals surface area contributed by atoms with Crippen molar-refractivity contribution in [3.05, 3.63) is 11.6 Å². The first-order valence-corrected chi connectivity index (χ1v) is 4.58. The Morgan fingerprint density at radius 1 is 1.47 bits per heavy atom. The minimum absolute atomic E-state index is 0.00538. The van der Waals surface area contributed by atoms with Gasteiger partial charge in [-0.2, -0.15) is 0 Å². The van der Waals surface area contributed by atoms with Crippen LogP contribution in [0.1, 0.15) is 19.3 Å². The van der Waals surface area contributed by atoms with E-state index in [2.05, 4.69) is 0 Å². The van der Waals surface area contributed by atoms with Gasteiger partial charge in [0.05, 0.1) is 6.67 Å². The number of hydrogen-bond acceptors (Lipinski definition) is 4. The molecule has 0 radical (unpaired) electrons. The second-order valence-electron chi connectivity index (χ2n) is 3.13. The lowest BCUT2D eigenvalue weighted by molar-refractivity contribution is -0.138. The maximum absolute atomic E-state index is 11.8. The second-order valence-corrected chi connectivity index (χ2v) is 3.13. The third kappa shape index (κ3) is 6.16. The summed E-state index contributed by atoms with van der Waals surface area (Å²) in [5.41, 5.74) is 5.41. The van der Waals surface area contributed by atoms with Gasteiger partial charge in [0.1, 0.15) is 6.04 Å². The zero-order chi connectivity index (χ0) is 11.8. The quantitative estimate of drug-likeness (QED) is 0.350. The highest BCUT2D eigenvalue weighted by Gasteiger charge is 2.12. The molecule has 0 spiro atoms. The molecule has 88 valence electrons. The standard InChI is InChI=1S/C9H16FNO4/c10-5-1-2-6(8(12)13)3-4-7(11)9(14)15/h3,7-8,12-13H,1-2,4-5,11H2,(H,14,15)/b6-3+/t7-/m0/s1/i10-1. The van der Waals surface area contributed by atoms with E-state index in [1.807, 2.05) is 0 Å². The maximum Gasteiger partial charge on any atom is 0.320 e. The van der Waals surface area contributed by atoms with Gasteiger partial charge in [-0.25, -0.2) is 0 Å². The number of halogens is 1. The molecule has 0 heterocycles. The Morgan fingerprint density at radius 3 is 2.47 bits per heavy atom. The van der Waals surface area contributed by atoms with E-state index < -0.39 is 25.0 Å². The molecule has 5 N–H and O–H groups in total. The van der Waals surface area contributed by atoms with Gasteiger partial charge in [-0.05, 0) is 24.8 Å². The van der Waals surface area contributed by atoms with Crippen LogP contribution in [-0.4, -0.2) is 40.3 Å². The summed E-state index contributed by atoms with van der Waals surface area (Å²) in [5, 5.41) is 26.2. The summed E-state index contributed by atoms with van der Waals surface area (Å²) in [6, 6.07) is -1.08. The third-order valence-corrected chi connectivity index (χ3v) is 1.88. The first-order chi connectivity index (χ1) is 6.99. The highest BCUT2D eigenvalue weighted by molar-refractivity contribution is 5.73. The minimum atomic E-state index is -1.68. The van der Waals surface area contributed by atoms with Crippen LogP contribution in [0.2, 0.25) is 0 Å². The molecule has 15 heavy (non-hydrogen) atoms. The maximum atomic E-state index is 11.8. The number of aliphatic carboxylic acids is 1. The van der Waals surface area contributed by atoms with Crippen molar-refractivity contribution in [2.75, 3.05) is 6.67 Å². The lowest BCUT2D eigenvalue weighted by atomic mass is 10.1. The minimum Gasteiger partial charge on any atom is -0.480 e. The number of rotatable bonds is 7. The molecule has 5 nitrogen and oxygen atoms in total. The zero-order valence-electron chi connectivity index (χ0n) is 8.27. The summed E-state index contributed by atoms with van der Waals surface area (Å²) in [6.45, 7) is -0.560. The number of carboxylic acids is 1. The van der Waals surface area contributed by atoms with Crippen molar-refractivity contribution < 1.29 is 24.5 Å². The molecule has 0 aliphatic heterocycles. The third-order valence-electron chi connectivity index (χ3n) is 1.88. The summed E-state index contributed by atoms with van der Waals surface area (Å²) in [5.74, 6) is -1.16. The zero-order valence-corrected chi connectivity index (χ0v) is 8.27. The van der Waals surface area contributed by atoms with E-state index in [9.17, 15) is 9.18 Å². The fourth-order valence-corrected chi connectivity index (χ4v) is 0.987. The molecule has 0 aromatic rings. The molecule has 0 aromatic carbocycles. The first kappa shape index (κ1) is 14.0. The van der Waals surface area contributed by atoms with E-state index >= 15 is 0 Å². The number of aliphatic hydroxyl groups excluding tert-OH is 1. The molecule has 0 bridgehead atoms. The molecule has 0 saturated heterocycles. The SMILES string of the molecule is N[C@@H](C/C=C(\CCC[18F])C(O)O)C(=O)O. The van der Waals surface area contributed by atoms with Gasteiger partial charge in [0.25, 0.3) is 0 Å². The van der Waals surface area contributed by atoms with E-state index in [0.29, 0.717) is 0 Å². The number of aliphatic hydroxyl groups is 2. The van der Waals surface area contributed by atoms with Crippen molar-refractivity contribution in [2.24, 2.45) is 5.73 Å². The van der Waals surface area contributed by atoms with Crippen molar-refractivity contribution in [3.63, 3.8) is 0 Å². The Bertz CT molecular complexity index is 230. The number of alkyl halides is 1. The molecule has 6 heteroatoms. The lowest BCUT2D eigenvalue weighted by Gasteiger charge is -2.09. The van der Waals surface area contributed by atoms with Crippen LogP contribution in [0, 0.1) is 0 Å². The predicted octanol–water partition coefficient (Wildman–Crippen LogP) is -0.225. The number of carboxylic acid groups (broad SMARTS) is 1. The number of nitrogens with two attached hydrogens (primary N) is 1. The summed E-state index contributed by atoms with van der Waals surface area (Å²) in [7, 11) is 0. The van der Waals surface area contributed by atoms with E-state index in [1.54, 1.807) is 0 Å². The largest absolute Gasteiger partial charge is 0.480 e. The molecule has 0 aliphatic carbocycles. The Labute approximate surface area is 87.0 Å². The first-order valence-electron chi connectivity index (χ1n) is 4.58. The summed E-state index contributed by atoms with van der Waals surface area (Å²) in [6.07, 6.45) is -0.00232. The van der Waals surface area contributed by atoms with E-state index in [-0.39, 0.29) is 24.8 Å². The normalized spacial score (nSPS) is 14.3. The predicted molar refractivity (Wildman–Crippen MR) is 51.7 cm³/mol. The van der Waals surface area contributed by atoms with Crippen LogP contribution in [0.3, 0.4) is 0 Å². The lowest BCUT2D eigenvalue weighted by Crippen LogP contribution is -2.29. The summed E-state index contributed by atoms with van der Waals surface area (Å²) in [4.78, 5) is 10.4. The Balaban J connectivity index is 4.22. The number of carbonyl (C=O) groups is 1. The molecular weight excluding hydrogens is 204 g/mol. The van der Waals surface area contributed by atoms with Crippen molar-refractivity contribution in [1.29, 1.82) is 0 Å². The van der Waals surface area contributed by atoms with Gasteiger partial charge in [-0.15, -0.1) is 0 Å². The van der Waals surface area contributed by atoms with Crippen molar-refractivity contribution in [3.8, 4) is 0 Å². The van der Waals surface area contributed by atoms with Crippen molar-refractivity contribution in [2.45, 2.75) is 31.6 Å². The van der Waals surface area contributed by atoms with Crippen LogP contribution >= 0.6 is 0 Å². The van der Waals surface area contributed by atoms with Gasteiger partial charge in [-0.3, -0.25) is 9.18 Å². The van der Waals surface area contributed by atoms with Crippen LogP contribution in [0.15, 0.2) is 11.6 Å². The molecule has 0 aromatic heterocycles. The molecule has 0 unspecified atom stereocenters. The van der Waals surface area contributed by atoms with E-state index in [4.69, 9.17) is 21.1 Å². The van der Waals surface area contributed by atoms with Crippen LogP contribution in [-0.2, 0) is 4.79 Å². The highest BCUT2D eigenvalue weighted by Crippen LogP contribution is 2.10. The Morgan fingerprint density at radius 2 is 2.07 bits per heavy atom. The van der Waals surface area contributed by atoms with Gasteiger partial charge >= 0.3 is 5.97 Å². The van der Waals surface area contributed by atoms with Gasteiger partial charge in [0.2, 0.25) is 0 Å². The van der Waals surface area contributed by atoms with Gasteiger partial charge in [-0.1, -0.05) is 6.08 Å². The van der Waals surface area contributed by atoms with E-state index in [0.717, 1.165) is 0 Å². The van der Waals surface area contributed by atoms with Crippen LogP contribution in [0.4, 0.5) is 4.39 Å². The number of hydrogen-bond donors (Lipinski definition) is 4. The monoisotopic (exact) mass is 220 g/mol.